The maximum absolute atomic E-state index is 13.4. The van der Waals surface area contributed by atoms with Gasteiger partial charge in [0.15, 0.2) is 0 Å². The second kappa shape index (κ2) is 10.5. The summed E-state index contributed by atoms with van der Waals surface area (Å²) in [7, 11) is 0. The van der Waals surface area contributed by atoms with Crippen LogP contribution in [-0.2, 0) is 15.7 Å². The molecule has 2 saturated heterocycles. The highest BCUT2D eigenvalue weighted by molar-refractivity contribution is 6.05. The Morgan fingerprint density at radius 3 is 2.58 bits per heavy atom. The van der Waals surface area contributed by atoms with Gasteiger partial charge in [-0.2, -0.15) is 24.0 Å². The number of pyridine rings is 1. The number of nitrogens with one attached hydrogen (secondary N) is 1. The fourth-order valence-corrected chi connectivity index (χ4v) is 5.83. The van der Waals surface area contributed by atoms with E-state index in [9.17, 15) is 22.8 Å². The number of amidine groups is 1. The number of carbonyl (C=O) groups excluding carboxylic acids is 2. The van der Waals surface area contributed by atoms with E-state index in [1.165, 1.54) is 0 Å². The minimum atomic E-state index is -4.56. The van der Waals surface area contributed by atoms with Gasteiger partial charge in [0.05, 0.1) is 42.2 Å². The van der Waals surface area contributed by atoms with E-state index in [0.717, 1.165) is 36.9 Å². The predicted molar refractivity (Wildman–Crippen MR) is 152 cm³/mol. The topological polar surface area (TPSA) is 122 Å². The summed E-state index contributed by atoms with van der Waals surface area (Å²) in [6, 6.07) is 8.20. The molecular formula is C30H31F3N7O3+. The first kappa shape index (κ1) is 28.9. The van der Waals surface area contributed by atoms with Crippen LogP contribution >= 0.6 is 0 Å². The molecule has 0 aliphatic carbocycles. The number of halogens is 3. The Morgan fingerprint density at radius 1 is 1.16 bits per heavy atom. The fourth-order valence-electron chi connectivity index (χ4n) is 5.83. The van der Waals surface area contributed by atoms with Crippen molar-refractivity contribution in [3.63, 3.8) is 0 Å². The minimum Gasteiger partial charge on any atom is -0.379 e. The summed E-state index contributed by atoms with van der Waals surface area (Å²) in [4.78, 5) is 41.3. The zero-order valence-corrected chi connectivity index (χ0v) is 23.6. The SMILES string of the molecule is C[C@H]1CC[C@H](C2=C3C=NC=C[N+]3(N)C(c3ccc(C(=O)Nc4cc(C(F)(F)F)ccn4)cc3)=N2)CN1C(=O)C1(C)COC1. The molecule has 10 nitrogen and oxygen atoms in total. The lowest BCUT2D eigenvalue weighted by atomic mass is 9.83. The zero-order chi connectivity index (χ0) is 30.6. The van der Waals surface area contributed by atoms with Crippen molar-refractivity contribution in [1.82, 2.24) is 9.88 Å². The average Bonchev–Trinajstić information content (AvgIpc) is 3.28. The smallest absolute Gasteiger partial charge is 0.379 e. The number of nitrogens with two attached hydrogens (primary N) is 1. The number of aliphatic imine (C=N–C) groups is 2. The number of ether oxygens (including phenoxy) is 1. The molecule has 0 radical (unpaired) electrons. The number of hydrogen-bond donors (Lipinski definition) is 2. The molecule has 2 fully saturated rings. The first-order valence-electron chi connectivity index (χ1n) is 14.0. The van der Waals surface area contributed by atoms with E-state index >= 15 is 0 Å². The maximum Gasteiger partial charge on any atom is 0.416 e. The summed E-state index contributed by atoms with van der Waals surface area (Å²) >= 11 is 0. The Labute approximate surface area is 246 Å². The van der Waals surface area contributed by atoms with Gasteiger partial charge in [-0.1, -0.05) is 0 Å². The largest absolute Gasteiger partial charge is 0.416 e. The van der Waals surface area contributed by atoms with Crippen LogP contribution in [0.25, 0.3) is 0 Å². The highest BCUT2D eigenvalue weighted by atomic mass is 19.4. The van der Waals surface area contributed by atoms with E-state index in [2.05, 4.69) is 22.2 Å². The number of carbonyl (C=O) groups is 2. The van der Waals surface area contributed by atoms with Crippen LogP contribution in [0.5, 0.6) is 0 Å². The molecule has 224 valence electrons. The number of hydrogen-bond acceptors (Lipinski definition) is 7. The summed E-state index contributed by atoms with van der Waals surface area (Å²) in [6.07, 6.45) is 3.10. The third kappa shape index (κ3) is 5.17. The van der Waals surface area contributed by atoms with Crippen molar-refractivity contribution in [3.05, 3.63) is 83.1 Å². The van der Waals surface area contributed by atoms with Crippen molar-refractivity contribution in [3.8, 4) is 0 Å². The van der Waals surface area contributed by atoms with Crippen LogP contribution in [0.15, 0.2) is 76.4 Å². The van der Waals surface area contributed by atoms with E-state index < -0.39 is 23.1 Å². The highest BCUT2D eigenvalue weighted by Gasteiger charge is 2.49. The monoisotopic (exact) mass is 594 g/mol. The number of amides is 2. The lowest BCUT2D eigenvalue weighted by Gasteiger charge is -2.45. The van der Waals surface area contributed by atoms with Gasteiger partial charge in [-0.3, -0.25) is 14.6 Å². The molecule has 0 bridgehead atoms. The molecule has 2 amide bonds. The molecule has 2 aromatic rings. The van der Waals surface area contributed by atoms with Crippen LogP contribution in [0.1, 0.15) is 48.2 Å². The molecule has 4 aliphatic heterocycles. The molecule has 1 aromatic carbocycles. The third-order valence-corrected chi connectivity index (χ3v) is 8.44. The number of allylic oxidation sites excluding steroid dienone is 1. The van der Waals surface area contributed by atoms with Gasteiger partial charge in [0.2, 0.25) is 11.6 Å². The van der Waals surface area contributed by atoms with Gasteiger partial charge >= 0.3 is 6.18 Å². The summed E-state index contributed by atoms with van der Waals surface area (Å²) in [5, 5.41) is 2.41. The first-order chi connectivity index (χ1) is 20.4. The Hall–Kier alpha value is -4.20. The van der Waals surface area contributed by atoms with Gasteiger partial charge in [0.25, 0.3) is 11.7 Å². The molecular weight excluding hydrogens is 563 g/mol. The van der Waals surface area contributed by atoms with Gasteiger partial charge < -0.3 is 15.0 Å². The molecule has 4 aliphatic rings. The Balaban J connectivity index is 1.24. The van der Waals surface area contributed by atoms with Crippen molar-refractivity contribution >= 4 is 29.7 Å². The van der Waals surface area contributed by atoms with Crippen LogP contribution in [0.4, 0.5) is 19.0 Å². The second-order valence-corrected chi connectivity index (χ2v) is 11.7. The number of aromatic nitrogens is 1. The van der Waals surface area contributed by atoms with Gasteiger partial charge in [-0.15, -0.1) is 4.59 Å². The maximum atomic E-state index is 13.4. The number of nitrogens with zero attached hydrogens (tertiary/aromatic N) is 5. The number of benzene rings is 1. The molecule has 1 aromatic heterocycles. The lowest BCUT2D eigenvalue weighted by molar-refractivity contribution is -0.750. The van der Waals surface area contributed by atoms with Crippen molar-refractivity contribution in [2.45, 2.75) is 38.9 Å². The normalized spacial score (nSPS) is 26.1. The number of fused-ring (bicyclic) bond motifs is 1. The lowest BCUT2D eigenvalue weighted by Crippen LogP contribution is -2.57. The van der Waals surface area contributed by atoms with E-state index in [1.54, 1.807) is 42.9 Å². The Morgan fingerprint density at radius 2 is 1.91 bits per heavy atom. The number of rotatable bonds is 5. The van der Waals surface area contributed by atoms with Crippen molar-refractivity contribution in [1.29, 1.82) is 0 Å². The number of piperidine rings is 1. The van der Waals surface area contributed by atoms with Crippen LogP contribution < -0.4 is 11.2 Å². The molecule has 3 N–H and O–H groups in total. The predicted octanol–water partition coefficient (Wildman–Crippen LogP) is 4.23. The van der Waals surface area contributed by atoms with Crippen LogP contribution in [0.3, 0.4) is 0 Å². The van der Waals surface area contributed by atoms with Crippen LogP contribution in [0.2, 0.25) is 0 Å². The molecule has 13 heteroatoms. The summed E-state index contributed by atoms with van der Waals surface area (Å²) in [5.74, 6) is 6.64. The van der Waals surface area contributed by atoms with Gasteiger partial charge in [0, 0.05) is 30.3 Å². The minimum absolute atomic E-state index is 0.0544. The van der Waals surface area contributed by atoms with E-state index in [0.29, 0.717) is 36.9 Å². The van der Waals surface area contributed by atoms with Crippen molar-refractivity contribution < 1.29 is 32.1 Å². The Bertz CT molecular complexity index is 1590. The average molecular weight is 595 g/mol. The summed E-state index contributed by atoms with van der Waals surface area (Å²) < 4.78 is 44.3. The van der Waals surface area contributed by atoms with Gasteiger partial charge in [-0.05, 0) is 63.1 Å². The molecule has 43 heavy (non-hydrogen) atoms. The number of anilines is 1. The molecule has 3 atom stereocenters. The third-order valence-electron chi connectivity index (χ3n) is 8.44. The summed E-state index contributed by atoms with van der Waals surface area (Å²) in [6.45, 7) is 5.34. The van der Waals surface area contributed by atoms with Crippen molar-refractivity contribution in [2.75, 3.05) is 25.1 Å². The standard InChI is InChI=1S/C30H30F3N7O3/c1-18-3-4-21(15-39(18)28(42)29(2)16-43-17-29)25-23-14-35-11-12-40(23,34)26(38-25)19-5-7-20(8-6-19)27(41)37-24-13-22(9-10-36-24)30(31,32)33/h5-14,18,21H,3-4,15-17,34H2,1-2H3/p+1/t18-,21-,40?/m0/s1. The summed E-state index contributed by atoms with van der Waals surface area (Å²) in [5.41, 5.74) is 0.931. The molecule has 0 saturated carbocycles. The van der Waals surface area contributed by atoms with Gasteiger partial charge in [0.1, 0.15) is 17.7 Å². The zero-order valence-electron chi connectivity index (χ0n) is 23.6. The molecule has 5 heterocycles. The molecule has 0 spiro atoms. The van der Waals surface area contributed by atoms with Gasteiger partial charge in [-0.25, -0.2) is 4.98 Å². The molecule has 1 unspecified atom stereocenters. The highest BCUT2D eigenvalue weighted by Crippen LogP contribution is 2.40. The van der Waals surface area contributed by atoms with E-state index in [4.69, 9.17) is 15.6 Å². The molecule has 6 rings (SSSR count). The number of alkyl halides is 3. The van der Waals surface area contributed by atoms with Crippen LogP contribution in [-0.4, -0.2) is 64.1 Å². The second-order valence-electron chi connectivity index (χ2n) is 11.7. The van der Waals surface area contributed by atoms with Crippen molar-refractivity contribution in [2.24, 2.45) is 27.2 Å². The van der Waals surface area contributed by atoms with E-state index in [-0.39, 0.29) is 33.8 Å². The number of likely N-dealkylation sites (tertiary alicyclic amines) is 1. The first-order valence-corrected chi connectivity index (χ1v) is 14.0. The van der Waals surface area contributed by atoms with E-state index in [1.807, 2.05) is 11.8 Å². The Kier molecular flexibility index (Phi) is 7.06. The fraction of sp³-hybridized carbons (Fsp3) is 0.367. The number of quaternary nitrogens is 1. The van der Waals surface area contributed by atoms with Crippen LogP contribution in [0, 0.1) is 11.3 Å². The quantitative estimate of drug-likeness (QED) is 0.396.